The lowest BCUT2D eigenvalue weighted by Crippen LogP contribution is -2.33. The lowest BCUT2D eigenvalue weighted by Gasteiger charge is -2.10. The minimum Gasteiger partial charge on any atom is -0.201 e. The molecule has 0 atom stereocenters. The van der Waals surface area contributed by atoms with Crippen molar-refractivity contribution in [2.24, 2.45) is 35.2 Å². The van der Waals surface area contributed by atoms with Crippen LogP contribution in [-0.4, -0.2) is 0 Å². The maximum absolute atomic E-state index is 7.41. The van der Waals surface area contributed by atoms with E-state index in [1.807, 2.05) is 48.9 Å². The third-order valence-electron chi connectivity index (χ3n) is 15.0. The molecule has 5 aromatic carbocycles. The Hall–Kier alpha value is -8.15. The normalized spacial score (nSPS) is 11.2. The minimum atomic E-state index is -2.05. The molecule has 0 spiro atoms. The van der Waals surface area contributed by atoms with Crippen molar-refractivity contribution in [1.29, 1.82) is 0 Å². The maximum atomic E-state index is 7.41. The van der Waals surface area contributed by atoms with E-state index in [0.29, 0.717) is 5.56 Å². The van der Waals surface area contributed by atoms with Crippen molar-refractivity contribution >= 4 is 0 Å². The van der Waals surface area contributed by atoms with E-state index in [9.17, 15) is 0 Å². The van der Waals surface area contributed by atoms with E-state index in [1.54, 1.807) is 12.3 Å². The van der Waals surface area contributed by atoms with E-state index in [4.69, 9.17) is 4.11 Å². The van der Waals surface area contributed by atoms with Gasteiger partial charge in [0.05, 0.1) is 0 Å². The summed E-state index contributed by atoms with van der Waals surface area (Å²) in [4.78, 5) is 0. The average Bonchev–Trinajstić information content (AvgIpc) is 3.61. The molecule has 0 aliphatic carbocycles. The Balaban J connectivity index is 0.000000163. The lowest BCUT2D eigenvalue weighted by atomic mass is 9.97. The number of aromatic nitrogens is 5. The second-order valence-corrected chi connectivity index (χ2v) is 20.9. The molecule has 5 heterocycles. The van der Waals surface area contributed by atoms with Gasteiger partial charge in [-0.2, -0.15) is 0 Å². The van der Waals surface area contributed by atoms with E-state index in [0.717, 1.165) is 11.3 Å². The SMILES string of the molecule is Cc1cc[n+](C)c(-c2ccccc2C)c1.Cc1ccccc1-c1c(C)c(C)c(C)c[n+]1C.Cc1ccccc1-c1c(C)c(C)cc[n+]1C.Cc1ccccc1-c1c(C)ccc[n+]1C.[2H]C([2H])([2H])c1ccc(-c2ccccc2C)[n+](C)c1. The highest BCUT2D eigenvalue weighted by molar-refractivity contribution is 5.67. The van der Waals surface area contributed by atoms with Gasteiger partial charge in [-0.25, -0.2) is 22.8 Å². The van der Waals surface area contributed by atoms with Gasteiger partial charge in [0.15, 0.2) is 31.0 Å². The molecule has 10 aromatic rings. The number of rotatable bonds is 5. The fourth-order valence-electron chi connectivity index (χ4n) is 10.1. The third-order valence-corrected chi connectivity index (χ3v) is 15.0. The summed E-state index contributed by atoms with van der Waals surface area (Å²) in [5, 5.41) is 0. The zero-order valence-corrected chi connectivity index (χ0v) is 49.7. The van der Waals surface area contributed by atoms with Crippen LogP contribution in [0.1, 0.15) is 76.4 Å². The molecular weight excluding hydrogens is 947 g/mol. The van der Waals surface area contributed by atoms with Crippen LogP contribution in [0, 0.1) is 89.9 Å². The van der Waals surface area contributed by atoms with Gasteiger partial charge in [0.25, 0.3) is 0 Å². The van der Waals surface area contributed by atoms with Crippen LogP contribution in [0.3, 0.4) is 0 Å². The summed E-state index contributed by atoms with van der Waals surface area (Å²) < 4.78 is 32.9. The van der Waals surface area contributed by atoms with Crippen LogP contribution in [0.2, 0.25) is 0 Å². The molecule has 0 aliphatic heterocycles. The molecule has 5 nitrogen and oxygen atoms in total. The molecular formula is C73H86N5+5. The van der Waals surface area contributed by atoms with Gasteiger partial charge in [-0.05, 0) is 177 Å². The number of nitrogens with zero attached hydrogens (tertiary/aromatic N) is 5. The molecule has 0 bridgehead atoms. The predicted octanol–water partition coefficient (Wildman–Crippen LogP) is 14.9. The zero-order chi connectivity index (χ0) is 59.3. The van der Waals surface area contributed by atoms with Crippen molar-refractivity contribution in [2.75, 3.05) is 0 Å². The van der Waals surface area contributed by atoms with Crippen molar-refractivity contribution in [1.82, 2.24) is 0 Å². The van der Waals surface area contributed by atoms with Crippen molar-refractivity contribution in [3.05, 3.63) is 267 Å². The number of hydrogen-bond acceptors (Lipinski definition) is 0. The monoisotopic (exact) mass is 1040 g/mol. The Morgan fingerprint density at radius 1 is 0.269 bits per heavy atom. The highest BCUT2D eigenvalue weighted by atomic mass is 14.9. The summed E-state index contributed by atoms with van der Waals surface area (Å²) in [6.45, 7) is 23.9. The minimum absolute atomic E-state index is 0.363. The highest BCUT2D eigenvalue weighted by Gasteiger charge is 2.20. The van der Waals surface area contributed by atoms with E-state index in [2.05, 4.69) is 275 Å². The fraction of sp³-hybridized carbons (Fsp3) is 0.247. The molecule has 0 saturated heterocycles. The van der Waals surface area contributed by atoms with Crippen molar-refractivity contribution in [3.8, 4) is 56.3 Å². The summed E-state index contributed by atoms with van der Waals surface area (Å²) in [6.07, 6.45) is 10.2. The maximum Gasteiger partial charge on any atom is 0.215 e. The molecule has 0 amide bonds. The number of aryl methyl sites for hydroxylation is 15. The van der Waals surface area contributed by atoms with Gasteiger partial charge in [0.2, 0.25) is 28.5 Å². The third kappa shape index (κ3) is 14.7. The molecule has 0 aliphatic rings. The second kappa shape index (κ2) is 27.2. The first-order valence-electron chi connectivity index (χ1n) is 28.5. The van der Waals surface area contributed by atoms with E-state index < -0.39 is 6.85 Å². The smallest absolute Gasteiger partial charge is 0.201 e. The zero-order valence-electron chi connectivity index (χ0n) is 52.7. The van der Waals surface area contributed by atoms with Crippen LogP contribution in [0.15, 0.2) is 195 Å². The summed E-state index contributed by atoms with van der Waals surface area (Å²) in [5.41, 5.74) is 28.9. The van der Waals surface area contributed by atoms with Gasteiger partial charge in [-0.1, -0.05) is 91.0 Å². The van der Waals surface area contributed by atoms with Crippen LogP contribution >= 0.6 is 0 Å². The van der Waals surface area contributed by atoms with E-state index in [-0.39, 0.29) is 0 Å². The Kier molecular flexibility index (Phi) is 19.1. The molecule has 0 unspecified atom stereocenters. The summed E-state index contributed by atoms with van der Waals surface area (Å²) >= 11 is 0. The van der Waals surface area contributed by atoms with Gasteiger partial charge in [-0.15, -0.1) is 0 Å². The molecule has 398 valence electrons. The molecule has 5 heteroatoms. The molecule has 0 N–H and O–H groups in total. The Morgan fingerprint density at radius 2 is 0.692 bits per heavy atom. The average molecular weight is 1040 g/mol. The van der Waals surface area contributed by atoms with Crippen LogP contribution in [-0.2, 0) is 35.2 Å². The van der Waals surface area contributed by atoms with Gasteiger partial charge in [0.1, 0.15) is 35.2 Å². The first kappa shape index (κ1) is 54.6. The van der Waals surface area contributed by atoms with Gasteiger partial charge in [0, 0.05) is 90.1 Å². The largest absolute Gasteiger partial charge is 0.215 e. The molecule has 5 aromatic heterocycles. The summed E-state index contributed by atoms with van der Waals surface area (Å²) in [6, 6.07) is 56.5. The van der Waals surface area contributed by atoms with Gasteiger partial charge >= 0.3 is 0 Å². The molecule has 10 rings (SSSR count). The van der Waals surface area contributed by atoms with Crippen molar-refractivity contribution in [2.45, 2.75) is 89.9 Å². The van der Waals surface area contributed by atoms with Gasteiger partial charge < -0.3 is 0 Å². The van der Waals surface area contributed by atoms with Crippen LogP contribution in [0.4, 0.5) is 0 Å². The number of benzene rings is 5. The number of pyridine rings is 5. The quantitative estimate of drug-likeness (QED) is 0.153. The standard InChI is InChI=1S/C16H20N.C15H18N.3C14H16N/c1-11-8-6-7-9-15(11)16-14(4)13(3)12(2)10-17(16)5;1-11-9-10-16(4)15(13(11)3)14-8-6-5-7-12(14)2;1-11-7-4-5-9-13(11)14-12(2)8-6-10-15(14)3;1-11-8-9-15(3)14(10-11)13-7-5-4-6-12(13)2;1-11-8-9-14(15(3)10-11)13-7-5-4-6-12(13)2/h6-10H,1-5H3;5-10H,1-4H3;3*4-10H,1-3H3/q5*+1/i;;;;1D3. The van der Waals surface area contributed by atoms with Crippen LogP contribution < -0.4 is 22.8 Å². The highest BCUT2D eigenvalue weighted by Crippen LogP contribution is 2.28. The molecule has 0 saturated carbocycles. The van der Waals surface area contributed by atoms with Crippen molar-refractivity contribution in [3.63, 3.8) is 0 Å². The summed E-state index contributed by atoms with van der Waals surface area (Å²) in [7, 11) is 10.3. The second-order valence-electron chi connectivity index (χ2n) is 20.9. The first-order valence-corrected chi connectivity index (χ1v) is 27.0. The topological polar surface area (TPSA) is 19.4 Å². The molecule has 0 fully saturated rings. The summed E-state index contributed by atoms with van der Waals surface area (Å²) in [5.74, 6) is 0. The fourth-order valence-corrected chi connectivity index (χ4v) is 10.1. The lowest BCUT2D eigenvalue weighted by molar-refractivity contribution is -0.661. The Morgan fingerprint density at radius 3 is 1.17 bits per heavy atom. The van der Waals surface area contributed by atoms with E-state index >= 15 is 0 Å². The predicted molar refractivity (Wildman–Crippen MR) is 327 cm³/mol. The van der Waals surface area contributed by atoms with E-state index in [1.165, 1.54) is 112 Å². The Labute approximate surface area is 473 Å². The van der Waals surface area contributed by atoms with Crippen LogP contribution in [0.25, 0.3) is 56.3 Å². The first-order chi connectivity index (χ1) is 38.4. The van der Waals surface area contributed by atoms with Crippen LogP contribution in [0.5, 0.6) is 0 Å². The van der Waals surface area contributed by atoms with Crippen molar-refractivity contribution < 1.29 is 26.9 Å². The Bertz CT molecular complexity index is 3780. The number of hydrogen-bond donors (Lipinski definition) is 0. The molecule has 0 radical (unpaired) electrons. The van der Waals surface area contributed by atoms with Gasteiger partial charge in [-0.3, -0.25) is 0 Å². The molecule has 78 heavy (non-hydrogen) atoms.